The fraction of sp³-hybridized carbons (Fsp3) is 0.238. The smallest absolute Gasteiger partial charge is 0.359 e. The number of ether oxygens (including phenoxy) is 1. The molecule has 0 unspecified atom stereocenters. The van der Waals surface area contributed by atoms with Crippen LogP contribution in [0.5, 0.6) is 0 Å². The van der Waals surface area contributed by atoms with Gasteiger partial charge in [0.25, 0.3) is 5.56 Å². The van der Waals surface area contributed by atoms with Gasteiger partial charge < -0.3 is 13.7 Å². The summed E-state index contributed by atoms with van der Waals surface area (Å²) in [5.41, 5.74) is 0.324. The van der Waals surface area contributed by atoms with Crippen LogP contribution in [-0.2, 0) is 17.9 Å². The van der Waals surface area contributed by atoms with Crippen molar-refractivity contribution in [1.82, 2.24) is 14.9 Å². The Morgan fingerprint density at radius 3 is 2.72 bits per heavy atom. The molecule has 1 aromatic carbocycles. The number of aromatic nitrogens is 3. The Morgan fingerprint density at radius 2 is 1.97 bits per heavy atom. The van der Waals surface area contributed by atoms with E-state index in [9.17, 15) is 9.59 Å². The minimum atomic E-state index is -0.631. The summed E-state index contributed by atoms with van der Waals surface area (Å²) in [5, 5.41) is 9.05. The molecule has 0 saturated carbocycles. The molecule has 0 fully saturated rings. The van der Waals surface area contributed by atoms with Gasteiger partial charge in [-0.2, -0.15) is 5.10 Å². The number of furan rings is 1. The van der Waals surface area contributed by atoms with Crippen LogP contribution in [0.1, 0.15) is 35.9 Å². The van der Waals surface area contributed by atoms with Gasteiger partial charge in [0.1, 0.15) is 12.3 Å². The number of aryl methyl sites for hydroxylation is 1. The van der Waals surface area contributed by atoms with Crippen LogP contribution in [0.15, 0.2) is 62.5 Å². The molecule has 4 rings (SSSR count). The first kappa shape index (κ1) is 18.7. The summed E-state index contributed by atoms with van der Waals surface area (Å²) in [4.78, 5) is 25.3. The van der Waals surface area contributed by atoms with Crippen LogP contribution in [0.3, 0.4) is 0 Å². The maximum atomic E-state index is 12.7. The third kappa shape index (κ3) is 3.82. The lowest BCUT2D eigenvalue weighted by Gasteiger charge is -2.10. The van der Waals surface area contributed by atoms with E-state index in [1.54, 1.807) is 42.5 Å². The Hall–Kier alpha value is -3.68. The molecular formula is C21H19N3O5. The fourth-order valence-corrected chi connectivity index (χ4v) is 2.97. The standard InChI is InChI=1S/C21H19N3O5/c1-2-3-10-24-20(25)16-8-5-4-7-15(16)19(22-24)21(26)28-13-14-12-18(29-23-14)17-9-6-11-27-17/h4-9,11-12H,2-3,10,13H2,1H3. The Bertz CT molecular complexity index is 1190. The number of fused-ring (bicyclic) bond motifs is 1. The number of carbonyl (C=O) groups is 1. The van der Waals surface area contributed by atoms with Gasteiger partial charge in [-0.3, -0.25) is 4.79 Å². The molecule has 29 heavy (non-hydrogen) atoms. The highest BCUT2D eigenvalue weighted by Crippen LogP contribution is 2.21. The zero-order chi connectivity index (χ0) is 20.2. The number of unbranched alkanes of at least 4 members (excludes halogenated alkanes) is 1. The van der Waals surface area contributed by atoms with Crippen LogP contribution in [0.2, 0.25) is 0 Å². The van der Waals surface area contributed by atoms with Crippen LogP contribution in [0.4, 0.5) is 0 Å². The van der Waals surface area contributed by atoms with Crippen molar-refractivity contribution in [2.45, 2.75) is 32.9 Å². The van der Waals surface area contributed by atoms with Gasteiger partial charge >= 0.3 is 5.97 Å². The Morgan fingerprint density at radius 1 is 1.14 bits per heavy atom. The molecule has 0 saturated heterocycles. The van der Waals surface area contributed by atoms with Crippen molar-refractivity contribution < 1.29 is 18.5 Å². The molecule has 3 heterocycles. The molecule has 0 atom stereocenters. The van der Waals surface area contributed by atoms with E-state index < -0.39 is 5.97 Å². The second-order valence-electron chi connectivity index (χ2n) is 6.51. The topological polar surface area (TPSA) is 100 Å². The van der Waals surface area contributed by atoms with Gasteiger partial charge in [-0.1, -0.05) is 36.7 Å². The first-order valence-electron chi connectivity index (χ1n) is 9.34. The number of benzene rings is 1. The van der Waals surface area contributed by atoms with Crippen LogP contribution in [-0.4, -0.2) is 20.9 Å². The largest absolute Gasteiger partial charge is 0.461 e. The summed E-state index contributed by atoms with van der Waals surface area (Å²) in [6.45, 7) is 2.37. The van der Waals surface area contributed by atoms with Gasteiger partial charge in [0, 0.05) is 18.0 Å². The van der Waals surface area contributed by atoms with Gasteiger partial charge in [0.2, 0.25) is 5.76 Å². The number of carbonyl (C=O) groups excluding carboxylic acids is 1. The van der Waals surface area contributed by atoms with E-state index in [4.69, 9.17) is 13.7 Å². The molecule has 8 nitrogen and oxygen atoms in total. The van der Waals surface area contributed by atoms with Crippen molar-refractivity contribution in [2.75, 3.05) is 0 Å². The van der Waals surface area contributed by atoms with Crippen molar-refractivity contribution in [3.05, 3.63) is 70.5 Å². The second kappa shape index (κ2) is 8.14. The van der Waals surface area contributed by atoms with E-state index >= 15 is 0 Å². The summed E-state index contributed by atoms with van der Waals surface area (Å²) in [6, 6.07) is 12.0. The maximum Gasteiger partial charge on any atom is 0.359 e. The van der Waals surface area contributed by atoms with Crippen molar-refractivity contribution in [3.8, 4) is 11.5 Å². The van der Waals surface area contributed by atoms with Gasteiger partial charge in [0.15, 0.2) is 11.5 Å². The van der Waals surface area contributed by atoms with Gasteiger partial charge in [-0.25, -0.2) is 9.48 Å². The zero-order valence-corrected chi connectivity index (χ0v) is 15.8. The summed E-state index contributed by atoms with van der Waals surface area (Å²) in [7, 11) is 0. The first-order chi connectivity index (χ1) is 14.2. The molecule has 0 amide bonds. The molecule has 0 N–H and O–H groups in total. The summed E-state index contributed by atoms with van der Waals surface area (Å²) in [5.74, 6) is 0.345. The molecule has 3 aromatic heterocycles. The van der Waals surface area contributed by atoms with Crippen LogP contribution >= 0.6 is 0 Å². The Labute approximate surface area is 165 Å². The molecule has 0 aliphatic carbocycles. The lowest BCUT2D eigenvalue weighted by atomic mass is 10.1. The predicted molar refractivity (Wildman–Crippen MR) is 104 cm³/mol. The quantitative estimate of drug-likeness (QED) is 0.440. The molecule has 0 aliphatic heterocycles. The van der Waals surface area contributed by atoms with E-state index in [0.29, 0.717) is 34.5 Å². The minimum Gasteiger partial charge on any atom is -0.461 e. The first-order valence-corrected chi connectivity index (χ1v) is 9.34. The minimum absolute atomic E-state index is 0.0901. The zero-order valence-electron chi connectivity index (χ0n) is 15.8. The molecule has 0 spiro atoms. The number of nitrogens with zero attached hydrogens (tertiary/aromatic N) is 3. The number of esters is 1. The SMILES string of the molecule is CCCCn1nc(C(=O)OCc2cc(-c3ccco3)on2)c2ccccc2c1=O. The summed E-state index contributed by atoms with van der Waals surface area (Å²) in [6.07, 6.45) is 3.22. The van der Waals surface area contributed by atoms with Crippen molar-refractivity contribution in [1.29, 1.82) is 0 Å². The van der Waals surface area contributed by atoms with E-state index in [1.165, 1.54) is 10.9 Å². The highest BCUT2D eigenvalue weighted by atomic mass is 16.5. The van der Waals surface area contributed by atoms with E-state index in [2.05, 4.69) is 10.3 Å². The highest BCUT2D eigenvalue weighted by molar-refractivity contribution is 6.02. The van der Waals surface area contributed by atoms with Crippen molar-refractivity contribution >= 4 is 16.7 Å². The van der Waals surface area contributed by atoms with Crippen molar-refractivity contribution in [3.63, 3.8) is 0 Å². The Kier molecular flexibility index (Phi) is 5.24. The number of rotatable bonds is 7. The lowest BCUT2D eigenvalue weighted by Crippen LogP contribution is -2.26. The predicted octanol–water partition coefficient (Wildman–Crippen LogP) is 3.80. The van der Waals surface area contributed by atoms with E-state index in [-0.39, 0.29) is 17.9 Å². The van der Waals surface area contributed by atoms with Gasteiger partial charge in [0.05, 0.1) is 11.6 Å². The van der Waals surface area contributed by atoms with E-state index in [0.717, 1.165) is 12.8 Å². The second-order valence-corrected chi connectivity index (χ2v) is 6.51. The van der Waals surface area contributed by atoms with Crippen LogP contribution in [0, 0.1) is 0 Å². The highest BCUT2D eigenvalue weighted by Gasteiger charge is 2.19. The summed E-state index contributed by atoms with van der Waals surface area (Å²) < 4.78 is 17.2. The number of hydrogen-bond acceptors (Lipinski definition) is 7. The molecule has 8 heteroatoms. The van der Waals surface area contributed by atoms with Gasteiger partial charge in [-0.05, 0) is 24.6 Å². The van der Waals surface area contributed by atoms with E-state index in [1.807, 2.05) is 6.92 Å². The third-order valence-electron chi connectivity index (χ3n) is 4.46. The Balaban J connectivity index is 1.58. The molecule has 148 valence electrons. The molecule has 0 bridgehead atoms. The number of hydrogen-bond donors (Lipinski definition) is 0. The molecular weight excluding hydrogens is 374 g/mol. The summed E-state index contributed by atoms with van der Waals surface area (Å²) >= 11 is 0. The lowest BCUT2D eigenvalue weighted by molar-refractivity contribution is 0.0457. The monoisotopic (exact) mass is 393 g/mol. The maximum absolute atomic E-state index is 12.7. The average molecular weight is 393 g/mol. The molecule has 0 aliphatic rings. The molecule has 4 aromatic rings. The van der Waals surface area contributed by atoms with Crippen LogP contribution < -0.4 is 5.56 Å². The van der Waals surface area contributed by atoms with Gasteiger partial charge in [-0.15, -0.1) is 0 Å². The third-order valence-corrected chi connectivity index (χ3v) is 4.46. The molecule has 0 radical (unpaired) electrons. The van der Waals surface area contributed by atoms with Crippen molar-refractivity contribution in [2.24, 2.45) is 0 Å². The fourth-order valence-electron chi connectivity index (χ4n) is 2.97. The normalized spacial score (nSPS) is 11.1. The van der Waals surface area contributed by atoms with Crippen LogP contribution in [0.25, 0.3) is 22.3 Å². The average Bonchev–Trinajstić information content (AvgIpc) is 3.43.